The van der Waals surface area contributed by atoms with Crippen molar-refractivity contribution in [2.45, 2.75) is 0 Å². The van der Waals surface area contributed by atoms with Crippen molar-refractivity contribution in [3.05, 3.63) is 16.7 Å². The Hall–Kier alpha value is -1.40. The van der Waals surface area contributed by atoms with Gasteiger partial charge < -0.3 is 9.80 Å². The van der Waals surface area contributed by atoms with Crippen LogP contribution in [0.25, 0.3) is 10.2 Å². The smallest absolute Gasteiger partial charge is 0.241 e. The number of aromatic nitrogens is 2. The molecule has 1 amide bonds. The molecule has 96 valence electrons. The normalized spacial score (nSPS) is 10.7. The van der Waals surface area contributed by atoms with Crippen molar-refractivity contribution in [1.29, 1.82) is 0 Å². The molecule has 0 unspecified atom stereocenters. The van der Waals surface area contributed by atoms with E-state index in [0.717, 1.165) is 10.2 Å². The Bertz CT molecular complexity index is 583. The maximum Gasteiger partial charge on any atom is 0.241 e. The van der Waals surface area contributed by atoms with E-state index < -0.39 is 0 Å². The minimum absolute atomic E-state index is 0.00983. The zero-order valence-electron chi connectivity index (χ0n) is 10.3. The summed E-state index contributed by atoms with van der Waals surface area (Å²) in [5.74, 6) is 0.692. The molecule has 0 N–H and O–H groups in total. The largest absolute Gasteiger partial charge is 0.350 e. The Labute approximate surface area is 114 Å². The molecule has 18 heavy (non-hydrogen) atoms. The van der Waals surface area contributed by atoms with E-state index in [1.165, 1.54) is 11.3 Å². The number of hydrogen-bond acceptors (Lipinski definition) is 5. The number of thiophene rings is 1. The summed E-state index contributed by atoms with van der Waals surface area (Å²) in [6.07, 6.45) is 0. The monoisotopic (exact) mass is 284 g/mol. The van der Waals surface area contributed by atoms with Crippen LogP contribution in [0.4, 0.5) is 5.82 Å². The highest BCUT2D eigenvalue weighted by molar-refractivity contribution is 7.16. The summed E-state index contributed by atoms with van der Waals surface area (Å²) in [6, 6.07) is 1.93. The Balaban J connectivity index is 2.35. The van der Waals surface area contributed by atoms with Crippen LogP contribution in [0.15, 0.2) is 11.4 Å². The van der Waals surface area contributed by atoms with E-state index in [0.29, 0.717) is 5.82 Å². The van der Waals surface area contributed by atoms with Gasteiger partial charge in [-0.05, 0) is 23.0 Å². The molecule has 2 heterocycles. The predicted molar refractivity (Wildman–Crippen MR) is 74.4 cm³/mol. The van der Waals surface area contributed by atoms with Crippen LogP contribution < -0.4 is 4.90 Å². The van der Waals surface area contributed by atoms with Gasteiger partial charge in [-0.25, -0.2) is 4.98 Å². The van der Waals surface area contributed by atoms with Crippen LogP contribution in [0, 0.1) is 0 Å². The lowest BCUT2D eigenvalue weighted by molar-refractivity contribution is -0.127. The summed E-state index contributed by atoms with van der Waals surface area (Å²) in [5.41, 5.74) is 0. The lowest BCUT2D eigenvalue weighted by atomic mass is 10.3. The standard InChI is InChI=1S/C11H13ClN4OS/c1-15(2)8(17)6-16(3)9-7-4-5-18-10(7)14-11(12)13-9/h4-5H,6H2,1-3H3. The molecule has 2 rings (SSSR count). The van der Waals surface area contributed by atoms with Crippen molar-refractivity contribution < 1.29 is 4.79 Å². The van der Waals surface area contributed by atoms with E-state index in [4.69, 9.17) is 11.6 Å². The minimum atomic E-state index is 0.00983. The minimum Gasteiger partial charge on any atom is -0.350 e. The van der Waals surface area contributed by atoms with Gasteiger partial charge in [-0.3, -0.25) is 4.79 Å². The number of hydrogen-bond donors (Lipinski definition) is 0. The Kier molecular flexibility index (Phi) is 3.68. The van der Waals surface area contributed by atoms with E-state index in [1.807, 2.05) is 18.5 Å². The van der Waals surface area contributed by atoms with Crippen molar-refractivity contribution in [2.75, 3.05) is 32.6 Å². The third kappa shape index (κ3) is 2.54. The van der Waals surface area contributed by atoms with Crippen LogP contribution in [-0.4, -0.2) is 48.5 Å². The molecule has 0 saturated carbocycles. The SMILES string of the molecule is CN(C)C(=O)CN(C)c1nc(Cl)nc2sccc12. The fourth-order valence-corrected chi connectivity index (χ4v) is 2.50. The molecule has 0 aromatic carbocycles. The molecule has 2 aromatic heterocycles. The van der Waals surface area contributed by atoms with Crippen LogP contribution in [0.2, 0.25) is 5.28 Å². The van der Waals surface area contributed by atoms with E-state index in [1.54, 1.807) is 23.9 Å². The van der Waals surface area contributed by atoms with E-state index in [9.17, 15) is 4.79 Å². The van der Waals surface area contributed by atoms with Crippen molar-refractivity contribution in [3.8, 4) is 0 Å². The van der Waals surface area contributed by atoms with Crippen LogP contribution in [0.3, 0.4) is 0 Å². The summed E-state index contributed by atoms with van der Waals surface area (Å²) < 4.78 is 0. The van der Waals surface area contributed by atoms with Gasteiger partial charge in [-0.15, -0.1) is 11.3 Å². The van der Waals surface area contributed by atoms with Crippen molar-refractivity contribution in [2.24, 2.45) is 0 Å². The predicted octanol–water partition coefficient (Wildman–Crippen LogP) is 1.87. The molecule has 5 nitrogen and oxygen atoms in total. The van der Waals surface area contributed by atoms with E-state index in [2.05, 4.69) is 9.97 Å². The van der Waals surface area contributed by atoms with Gasteiger partial charge in [-0.2, -0.15) is 4.98 Å². The van der Waals surface area contributed by atoms with Gasteiger partial charge in [0.15, 0.2) is 0 Å². The molecule has 0 spiro atoms. The molecule has 0 aliphatic heterocycles. The Morgan fingerprint density at radius 2 is 2.11 bits per heavy atom. The fraction of sp³-hybridized carbons (Fsp3) is 0.364. The maximum atomic E-state index is 11.7. The molecule has 2 aromatic rings. The molecule has 7 heteroatoms. The molecule has 0 fully saturated rings. The zero-order chi connectivity index (χ0) is 13.3. The number of carbonyl (C=O) groups excluding carboxylic acids is 1. The number of fused-ring (bicyclic) bond motifs is 1. The van der Waals surface area contributed by atoms with Gasteiger partial charge in [0, 0.05) is 21.1 Å². The number of halogens is 1. The third-order valence-electron chi connectivity index (χ3n) is 2.51. The van der Waals surface area contributed by atoms with Crippen LogP contribution in [0.5, 0.6) is 0 Å². The van der Waals surface area contributed by atoms with Crippen LogP contribution >= 0.6 is 22.9 Å². The Morgan fingerprint density at radius 1 is 1.39 bits per heavy atom. The first-order valence-electron chi connectivity index (χ1n) is 5.31. The molecule has 0 saturated heterocycles. The number of rotatable bonds is 3. The second-order valence-electron chi connectivity index (χ2n) is 4.10. The second kappa shape index (κ2) is 5.07. The maximum absolute atomic E-state index is 11.7. The highest BCUT2D eigenvalue weighted by Gasteiger charge is 2.15. The molecule has 0 radical (unpaired) electrons. The van der Waals surface area contributed by atoms with Crippen LogP contribution in [0.1, 0.15) is 0 Å². The lowest BCUT2D eigenvalue weighted by Gasteiger charge is -2.20. The summed E-state index contributed by atoms with van der Waals surface area (Å²) in [5, 5.41) is 3.04. The second-order valence-corrected chi connectivity index (χ2v) is 5.33. The van der Waals surface area contributed by atoms with Crippen molar-refractivity contribution >= 4 is 44.9 Å². The number of anilines is 1. The van der Waals surface area contributed by atoms with Crippen molar-refractivity contribution in [1.82, 2.24) is 14.9 Å². The van der Waals surface area contributed by atoms with Gasteiger partial charge in [0.05, 0.1) is 11.9 Å². The molecular formula is C11H13ClN4OS. The highest BCUT2D eigenvalue weighted by Crippen LogP contribution is 2.28. The quantitative estimate of drug-likeness (QED) is 0.808. The van der Waals surface area contributed by atoms with Gasteiger partial charge in [0.25, 0.3) is 0 Å². The zero-order valence-corrected chi connectivity index (χ0v) is 11.9. The topological polar surface area (TPSA) is 49.3 Å². The Morgan fingerprint density at radius 3 is 2.78 bits per heavy atom. The molecule has 0 atom stereocenters. The van der Waals surface area contributed by atoms with Gasteiger partial charge >= 0.3 is 0 Å². The summed E-state index contributed by atoms with van der Waals surface area (Å²) in [7, 11) is 5.27. The number of amides is 1. The van der Waals surface area contributed by atoms with Gasteiger partial charge in [0.1, 0.15) is 10.6 Å². The summed E-state index contributed by atoms with van der Waals surface area (Å²) in [6.45, 7) is 0.255. The number of nitrogens with zero attached hydrogens (tertiary/aromatic N) is 4. The third-order valence-corrected chi connectivity index (χ3v) is 3.49. The van der Waals surface area contributed by atoms with E-state index >= 15 is 0 Å². The molecule has 0 aliphatic carbocycles. The molecule has 0 bridgehead atoms. The summed E-state index contributed by atoms with van der Waals surface area (Å²) in [4.78, 5) is 24.2. The van der Waals surface area contributed by atoms with Gasteiger partial charge in [0.2, 0.25) is 11.2 Å². The fourth-order valence-electron chi connectivity index (χ4n) is 1.52. The first-order valence-corrected chi connectivity index (χ1v) is 6.57. The van der Waals surface area contributed by atoms with E-state index in [-0.39, 0.29) is 17.7 Å². The first kappa shape index (κ1) is 13.0. The van der Waals surface area contributed by atoms with Crippen LogP contribution in [-0.2, 0) is 4.79 Å². The number of likely N-dealkylation sites (N-methyl/N-ethyl adjacent to an activating group) is 2. The lowest BCUT2D eigenvalue weighted by Crippen LogP contribution is -2.34. The summed E-state index contributed by atoms with van der Waals surface area (Å²) >= 11 is 7.39. The average Bonchev–Trinajstić information content (AvgIpc) is 2.75. The molecular weight excluding hydrogens is 272 g/mol. The van der Waals surface area contributed by atoms with Crippen molar-refractivity contribution in [3.63, 3.8) is 0 Å². The number of carbonyl (C=O) groups is 1. The highest BCUT2D eigenvalue weighted by atomic mass is 35.5. The molecule has 0 aliphatic rings. The van der Waals surface area contributed by atoms with Gasteiger partial charge in [-0.1, -0.05) is 0 Å². The first-order chi connectivity index (χ1) is 8.49. The average molecular weight is 285 g/mol.